The largest absolute Gasteiger partial charge is 0.317 e. The zero-order valence-electron chi connectivity index (χ0n) is 11.2. The Hall–Kier alpha value is -0.890. The molecule has 1 rings (SSSR count). The highest BCUT2D eigenvalue weighted by Crippen LogP contribution is 2.12. The monoisotopic (exact) mass is 237 g/mol. The zero-order chi connectivity index (χ0) is 12.7. The second-order valence-corrected chi connectivity index (χ2v) is 5.14. The highest BCUT2D eigenvalue weighted by Gasteiger charge is 2.07. The van der Waals surface area contributed by atoms with Gasteiger partial charge in [-0.2, -0.15) is 0 Å². The highest BCUT2D eigenvalue weighted by molar-refractivity contribution is 5.17. The summed E-state index contributed by atoms with van der Waals surface area (Å²) in [5.74, 6) is 0.618. The smallest absolute Gasteiger partial charge is 0.123 e. The van der Waals surface area contributed by atoms with Crippen LogP contribution in [0.15, 0.2) is 24.3 Å². The van der Waals surface area contributed by atoms with Crippen LogP contribution in [-0.2, 0) is 6.42 Å². The molecule has 0 amide bonds. The molecule has 1 aromatic carbocycles. The van der Waals surface area contributed by atoms with Gasteiger partial charge in [-0.1, -0.05) is 38.8 Å². The van der Waals surface area contributed by atoms with Gasteiger partial charge in [0.25, 0.3) is 0 Å². The van der Waals surface area contributed by atoms with E-state index in [-0.39, 0.29) is 5.82 Å². The molecule has 17 heavy (non-hydrogen) atoms. The van der Waals surface area contributed by atoms with Crippen molar-refractivity contribution in [2.75, 3.05) is 7.05 Å². The van der Waals surface area contributed by atoms with Crippen LogP contribution in [0.3, 0.4) is 0 Å². The Morgan fingerprint density at radius 2 is 1.76 bits per heavy atom. The summed E-state index contributed by atoms with van der Waals surface area (Å²) >= 11 is 0. The lowest BCUT2D eigenvalue weighted by molar-refractivity contribution is 0.457. The third-order valence-electron chi connectivity index (χ3n) is 3.14. The number of hydrogen-bond donors (Lipinski definition) is 1. The highest BCUT2D eigenvalue weighted by atomic mass is 19.1. The number of nitrogens with one attached hydrogen (secondary N) is 1. The van der Waals surface area contributed by atoms with Crippen molar-refractivity contribution in [2.45, 2.75) is 45.6 Å². The van der Waals surface area contributed by atoms with Crippen molar-refractivity contribution in [1.82, 2.24) is 5.32 Å². The van der Waals surface area contributed by atoms with E-state index in [1.807, 2.05) is 19.2 Å². The quantitative estimate of drug-likeness (QED) is 0.761. The lowest BCUT2D eigenvalue weighted by Gasteiger charge is -2.16. The van der Waals surface area contributed by atoms with Gasteiger partial charge >= 0.3 is 0 Å². The summed E-state index contributed by atoms with van der Waals surface area (Å²) < 4.78 is 12.8. The molecule has 0 aliphatic carbocycles. The summed E-state index contributed by atoms with van der Waals surface area (Å²) in [6.45, 7) is 4.52. The molecule has 0 saturated carbocycles. The molecule has 0 spiro atoms. The normalized spacial score (nSPS) is 13.0. The molecular weight excluding hydrogens is 213 g/mol. The van der Waals surface area contributed by atoms with Gasteiger partial charge in [-0.15, -0.1) is 0 Å². The van der Waals surface area contributed by atoms with Gasteiger partial charge < -0.3 is 5.32 Å². The number of halogens is 1. The van der Waals surface area contributed by atoms with Crippen LogP contribution in [0.5, 0.6) is 0 Å². The van der Waals surface area contributed by atoms with Crippen molar-refractivity contribution >= 4 is 0 Å². The van der Waals surface area contributed by atoms with Crippen LogP contribution in [0, 0.1) is 11.7 Å². The third-order valence-corrected chi connectivity index (χ3v) is 3.14. The molecule has 0 aliphatic heterocycles. The van der Waals surface area contributed by atoms with Crippen molar-refractivity contribution in [3.63, 3.8) is 0 Å². The molecule has 96 valence electrons. The Bertz CT molecular complexity index is 305. The molecule has 1 nitrogen and oxygen atoms in total. The van der Waals surface area contributed by atoms with Crippen molar-refractivity contribution in [3.05, 3.63) is 35.6 Å². The number of likely N-dealkylation sites (N-methyl/N-ethyl adjacent to an activating group) is 1. The van der Waals surface area contributed by atoms with Gasteiger partial charge in [0.05, 0.1) is 0 Å². The topological polar surface area (TPSA) is 12.0 Å². The maximum atomic E-state index is 12.8. The van der Waals surface area contributed by atoms with Crippen LogP contribution >= 0.6 is 0 Å². The van der Waals surface area contributed by atoms with E-state index < -0.39 is 0 Å². The minimum Gasteiger partial charge on any atom is -0.317 e. The fourth-order valence-electron chi connectivity index (χ4n) is 2.03. The first-order valence-corrected chi connectivity index (χ1v) is 6.53. The molecule has 0 heterocycles. The predicted octanol–water partition coefficient (Wildman–Crippen LogP) is 3.78. The fraction of sp³-hybridized carbons (Fsp3) is 0.600. The summed E-state index contributed by atoms with van der Waals surface area (Å²) in [5, 5.41) is 3.35. The third kappa shape index (κ3) is 5.83. The first-order chi connectivity index (χ1) is 8.11. The Balaban J connectivity index is 2.38. The maximum absolute atomic E-state index is 12.8. The molecule has 2 heteroatoms. The van der Waals surface area contributed by atoms with Gasteiger partial charge in [-0.25, -0.2) is 4.39 Å². The van der Waals surface area contributed by atoms with E-state index in [1.54, 1.807) is 0 Å². The molecule has 1 unspecified atom stereocenters. The van der Waals surface area contributed by atoms with E-state index in [0.29, 0.717) is 6.04 Å². The molecule has 0 radical (unpaired) electrons. The average molecular weight is 237 g/mol. The van der Waals surface area contributed by atoms with Crippen LogP contribution in [0.25, 0.3) is 0 Å². The van der Waals surface area contributed by atoms with Crippen LogP contribution in [0.1, 0.15) is 38.7 Å². The van der Waals surface area contributed by atoms with E-state index >= 15 is 0 Å². The minimum absolute atomic E-state index is 0.158. The molecule has 0 bridgehead atoms. The number of hydrogen-bond acceptors (Lipinski definition) is 1. The second kappa shape index (κ2) is 7.44. The van der Waals surface area contributed by atoms with Gasteiger partial charge in [-0.05, 0) is 43.5 Å². The van der Waals surface area contributed by atoms with Crippen molar-refractivity contribution in [1.29, 1.82) is 0 Å². The van der Waals surface area contributed by atoms with E-state index in [9.17, 15) is 4.39 Å². The lowest BCUT2D eigenvalue weighted by atomic mass is 9.98. The molecule has 0 saturated heterocycles. The summed E-state index contributed by atoms with van der Waals surface area (Å²) in [5.41, 5.74) is 1.20. The second-order valence-electron chi connectivity index (χ2n) is 5.14. The van der Waals surface area contributed by atoms with E-state index in [1.165, 1.54) is 37.0 Å². The Labute approximate surface area is 104 Å². The van der Waals surface area contributed by atoms with Gasteiger partial charge in [-0.3, -0.25) is 0 Å². The van der Waals surface area contributed by atoms with E-state index in [0.717, 1.165) is 12.3 Å². The molecule has 0 fully saturated rings. The molecular formula is C15H24FN. The lowest BCUT2D eigenvalue weighted by Crippen LogP contribution is -2.27. The van der Waals surface area contributed by atoms with Crippen LogP contribution in [0.2, 0.25) is 0 Å². The first-order valence-electron chi connectivity index (χ1n) is 6.53. The molecule has 1 N–H and O–H groups in total. The summed E-state index contributed by atoms with van der Waals surface area (Å²) in [6.07, 6.45) is 4.70. The van der Waals surface area contributed by atoms with Gasteiger partial charge in [0.2, 0.25) is 0 Å². The van der Waals surface area contributed by atoms with Gasteiger partial charge in [0.1, 0.15) is 5.82 Å². The molecule has 0 aromatic heterocycles. The fourth-order valence-corrected chi connectivity index (χ4v) is 2.03. The number of benzene rings is 1. The van der Waals surface area contributed by atoms with Gasteiger partial charge in [0, 0.05) is 6.04 Å². The van der Waals surface area contributed by atoms with Crippen molar-refractivity contribution < 1.29 is 4.39 Å². The Morgan fingerprint density at radius 3 is 2.29 bits per heavy atom. The summed E-state index contributed by atoms with van der Waals surface area (Å²) in [6, 6.07) is 7.33. The van der Waals surface area contributed by atoms with Crippen molar-refractivity contribution in [3.8, 4) is 0 Å². The standard InChI is InChI=1S/C15H24FN/c1-12(2)5-4-6-15(17-3)11-13-7-9-14(16)10-8-13/h7-10,12,15,17H,4-6,11H2,1-3H3. The minimum atomic E-state index is -0.158. The molecule has 1 aromatic rings. The van der Waals surface area contributed by atoms with E-state index in [2.05, 4.69) is 19.2 Å². The Morgan fingerprint density at radius 1 is 1.12 bits per heavy atom. The summed E-state index contributed by atoms with van der Waals surface area (Å²) in [4.78, 5) is 0. The zero-order valence-corrected chi connectivity index (χ0v) is 11.2. The van der Waals surface area contributed by atoms with Crippen LogP contribution in [0.4, 0.5) is 4.39 Å². The Kier molecular flexibility index (Phi) is 6.20. The van der Waals surface area contributed by atoms with Crippen LogP contribution in [-0.4, -0.2) is 13.1 Å². The molecule has 0 aliphatic rings. The first kappa shape index (κ1) is 14.2. The SMILES string of the molecule is CNC(CCCC(C)C)Cc1ccc(F)cc1. The summed E-state index contributed by atoms with van der Waals surface area (Å²) in [7, 11) is 2.00. The number of rotatable bonds is 7. The van der Waals surface area contributed by atoms with Crippen LogP contribution < -0.4 is 5.32 Å². The van der Waals surface area contributed by atoms with Gasteiger partial charge in [0.15, 0.2) is 0 Å². The maximum Gasteiger partial charge on any atom is 0.123 e. The van der Waals surface area contributed by atoms with Crippen molar-refractivity contribution in [2.24, 2.45) is 5.92 Å². The predicted molar refractivity (Wildman–Crippen MR) is 71.6 cm³/mol. The molecule has 1 atom stereocenters. The van der Waals surface area contributed by atoms with E-state index in [4.69, 9.17) is 0 Å². The average Bonchev–Trinajstić information content (AvgIpc) is 2.30.